The van der Waals surface area contributed by atoms with Gasteiger partial charge in [0.1, 0.15) is 11.6 Å². The maximum atomic E-state index is 11.5. The minimum absolute atomic E-state index is 0.584. The molecule has 3 N–H and O–H groups in total. The number of nitriles is 1. The van der Waals surface area contributed by atoms with E-state index >= 15 is 0 Å². The number of amides is 2. The molecule has 1 saturated heterocycles. The first-order valence-electron chi connectivity index (χ1n) is 13.4. The number of ether oxygens (including phenoxy) is 1. The molecule has 0 atom stereocenters. The molecule has 0 aliphatic carbocycles. The number of nitrogens with zero attached hydrogens (tertiary/aromatic N) is 4. The second-order valence-corrected chi connectivity index (χ2v) is 10.0. The van der Waals surface area contributed by atoms with Crippen LogP contribution in [0.1, 0.15) is 43.2 Å². The van der Waals surface area contributed by atoms with Crippen LogP contribution >= 0.6 is 0 Å². The highest BCUT2D eigenvalue weighted by atomic mass is 16.5. The number of fused-ring (bicyclic) bond motifs is 2. The summed E-state index contributed by atoms with van der Waals surface area (Å²) < 4.78 is 8.25. The van der Waals surface area contributed by atoms with Crippen LogP contribution in [0.4, 0.5) is 16.3 Å². The number of carbonyl (C=O) groups excluding carboxylic acids is 1. The maximum absolute atomic E-state index is 11.5. The zero-order valence-corrected chi connectivity index (χ0v) is 21.4. The third-order valence-corrected chi connectivity index (χ3v) is 7.48. The summed E-state index contributed by atoms with van der Waals surface area (Å²) in [7, 11) is 0. The topological polar surface area (TPSA) is 99.5 Å². The van der Waals surface area contributed by atoms with Crippen LogP contribution in [-0.4, -0.2) is 54.8 Å². The number of primary amides is 1. The molecule has 3 heterocycles. The summed E-state index contributed by atoms with van der Waals surface area (Å²) in [5, 5.41) is 13.0. The molecule has 2 amide bonds. The molecular formula is C29H36N6O2. The van der Waals surface area contributed by atoms with E-state index in [1.54, 1.807) is 6.07 Å². The van der Waals surface area contributed by atoms with E-state index in [2.05, 4.69) is 44.0 Å². The summed E-state index contributed by atoms with van der Waals surface area (Å²) in [6.07, 6.45) is 6.58. The van der Waals surface area contributed by atoms with Gasteiger partial charge in [-0.05, 0) is 81.4 Å². The van der Waals surface area contributed by atoms with Gasteiger partial charge < -0.3 is 24.8 Å². The quantitative estimate of drug-likeness (QED) is 0.458. The lowest BCUT2D eigenvalue weighted by atomic mass is 10.1. The lowest BCUT2D eigenvalue weighted by molar-refractivity contribution is 0.259. The van der Waals surface area contributed by atoms with E-state index in [4.69, 9.17) is 10.5 Å². The van der Waals surface area contributed by atoms with Gasteiger partial charge in [0.2, 0.25) is 0 Å². The van der Waals surface area contributed by atoms with E-state index in [9.17, 15) is 10.1 Å². The number of rotatable bonds is 7. The largest absolute Gasteiger partial charge is 0.491 e. The Kier molecular flexibility index (Phi) is 7.81. The van der Waals surface area contributed by atoms with Crippen LogP contribution in [0, 0.1) is 11.3 Å². The summed E-state index contributed by atoms with van der Waals surface area (Å²) in [6.45, 7) is 6.80. The maximum Gasteiger partial charge on any atom is 0.317 e. The molecule has 0 unspecified atom stereocenters. The highest BCUT2D eigenvalue weighted by Crippen LogP contribution is 2.35. The van der Waals surface area contributed by atoms with Gasteiger partial charge in [-0.25, -0.2) is 4.79 Å². The number of urea groups is 1. The van der Waals surface area contributed by atoms with Gasteiger partial charge in [-0.3, -0.25) is 5.32 Å². The molecule has 3 aromatic rings. The number of benzene rings is 2. The molecule has 8 heteroatoms. The third-order valence-electron chi connectivity index (χ3n) is 7.48. The van der Waals surface area contributed by atoms with Crippen molar-refractivity contribution < 1.29 is 9.53 Å². The fourth-order valence-electron chi connectivity index (χ4n) is 5.61. The molecule has 5 rings (SSSR count). The number of para-hydroxylation sites is 1. The van der Waals surface area contributed by atoms with Crippen molar-refractivity contribution >= 4 is 28.4 Å². The van der Waals surface area contributed by atoms with E-state index in [0.717, 1.165) is 94.6 Å². The Labute approximate surface area is 218 Å². The molecule has 0 radical (unpaired) electrons. The minimum Gasteiger partial charge on any atom is -0.491 e. The molecule has 1 aromatic heterocycles. The lowest BCUT2D eigenvalue weighted by Gasteiger charge is -2.26. The van der Waals surface area contributed by atoms with Crippen LogP contribution in [0.15, 0.2) is 42.5 Å². The molecule has 0 saturated carbocycles. The van der Waals surface area contributed by atoms with Crippen LogP contribution < -0.4 is 20.7 Å². The number of aryl methyl sites for hydroxylation is 2. The molecule has 8 nitrogen and oxygen atoms in total. The van der Waals surface area contributed by atoms with Crippen molar-refractivity contribution in [1.82, 2.24) is 9.47 Å². The van der Waals surface area contributed by atoms with Gasteiger partial charge in [0.05, 0.1) is 29.4 Å². The van der Waals surface area contributed by atoms with Crippen LogP contribution in [0.5, 0.6) is 5.75 Å². The normalized spacial score (nSPS) is 16.4. The smallest absolute Gasteiger partial charge is 0.317 e. The molecule has 0 spiro atoms. The zero-order valence-electron chi connectivity index (χ0n) is 21.4. The van der Waals surface area contributed by atoms with Gasteiger partial charge >= 0.3 is 6.03 Å². The third kappa shape index (κ3) is 5.83. The van der Waals surface area contributed by atoms with Crippen molar-refractivity contribution in [3.63, 3.8) is 0 Å². The predicted molar refractivity (Wildman–Crippen MR) is 147 cm³/mol. The number of anilines is 2. The van der Waals surface area contributed by atoms with Crippen LogP contribution in [0.2, 0.25) is 0 Å². The number of unbranched alkanes of at least 4 members (excludes halogenated alkanes) is 1. The fourth-order valence-corrected chi connectivity index (χ4v) is 5.61. The second-order valence-electron chi connectivity index (χ2n) is 10.0. The molecular weight excluding hydrogens is 464 g/mol. The Morgan fingerprint density at radius 1 is 1.03 bits per heavy atom. The SMILES string of the molecule is N#Cc1ccc2cc(NC(N)=O)n(CCCCN3CCCN(c4cccc5c4OCCCC5)CC3)c2c1. The summed E-state index contributed by atoms with van der Waals surface area (Å²) in [5.41, 5.74) is 9.55. The van der Waals surface area contributed by atoms with Crippen molar-refractivity contribution in [1.29, 1.82) is 5.26 Å². The first-order valence-corrected chi connectivity index (χ1v) is 13.4. The first-order chi connectivity index (χ1) is 18.1. The van der Waals surface area contributed by atoms with Crippen molar-refractivity contribution in [2.75, 3.05) is 49.5 Å². The minimum atomic E-state index is -0.584. The summed E-state index contributed by atoms with van der Waals surface area (Å²) in [5.74, 6) is 1.78. The fraction of sp³-hybridized carbons (Fsp3) is 0.448. The van der Waals surface area contributed by atoms with Crippen molar-refractivity contribution in [2.24, 2.45) is 5.73 Å². The Morgan fingerprint density at radius 2 is 1.92 bits per heavy atom. The number of nitrogens with one attached hydrogen (secondary N) is 1. The molecule has 37 heavy (non-hydrogen) atoms. The van der Waals surface area contributed by atoms with Gasteiger partial charge in [-0.2, -0.15) is 5.26 Å². The number of hydrogen-bond donors (Lipinski definition) is 2. The van der Waals surface area contributed by atoms with Gasteiger partial charge in [0.15, 0.2) is 0 Å². The molecule has 0 bridgehead atoms. The highest BCUT2D eigenvalue weighted by Gasteiger charge is 2.21. The second kappa shape index (κ2) is 11.6. The summed E-state index contributed by atoms with van der Waals surface area (Å²) in [6, 6.07) is 15.7. The van der Waals surface area contributed by atoms with Crippen LogP contribution in [0.3, 0.4) is 0 Å². The van der Waals surface area contributed by atoms with E-state index in [1.807, 2.05) is 18.2 Å². The standard InChI is InChI=1S/C29H36N6O2/c30-21-22-10-11-24-20-27(32-29(31)36)35(26(24)19-22)15-3-2-12-33-13-6-14-34(17-16-33)25-9-5-8-23-7-1-4-18-37-28(23)25/h5,8-11,19-20H,1-4,6-7,12-18H2,(H3,31,32,36). The number of hydrogen-bond acceptors (Lipinski definition) is 5. The van der Waals surface area contributed by atoms with Gasteiger partial charge in [0, 0.05) is 31.6 Å². The van der Waals surface area contributed by atoms with E-state index in [0.29, 0.717) is 11.4 Å². The monoisotopic (exact) mass is 500 g/mol. The summed E-state index contributed by atoms with van der Waals surface area (Å²) >= 11 is 0. The van der Waals surface area contributed by atoms with E-state index in [1.165, 1.54) is 17.7 Å². The Balaban J connectivity index is 1.18. The molecule has 2 aliphatic rings. The Bertz CT molecular complexity index is 1290. The first kappa shape index (κ1) is 25.0. The van der Waals surface area contributed by atoms with Crippen molar-refractivity contribution in [2.45, 2.75) is 45.1 Å². The average molecular weight is 501 g/mol. The van der Waals surface area contributed by atoms with Crippen molar-refractivity contribution in [3.8, 4) is 11.8 Å². The Morgan fingerprint density at radius 3 is 2.78 bits per heavy atom. The van der Waals surface area contributed by atoms with Crippen LogP contribution in [-0.2, 0) is 13.0 Å². The van der Waals surface area contributed by atoms with Crippen molar-refractivity contribution in [3.05, 3.63) is 53.6 Å². The number of nitrogens with two attached hydrogens (primary N) is 1. The molecule has 1 fully saturated rings. The molecule has 2 aliphatic heterocycles. The van der Waals surface area contributed by atoms with E-state index in [-0.39, 0.29) is 0 Å². The van der Waals surface area contributed by atoms with Gasteiger partial charge in [0.25, 0.3) is 0 Å². The highest BCUT2D eigenvalue weighted by molar-refractivity contribution is 5.93. The van der Waals surface area contributed by atoms with E-state index < -0.39 is 6.03 Å². The van der Waals surface area contributed by atoms with Crippen LogP contribution in [0.25, 0.3) is 10.9 Å². The summed E-state index contributed by atoms with van der Waals surface area (Å²) in [4.78, 5) is 16.6. The molecule has 194 valence electrons. The lowest BCUT2D eigenvalue weighted by Crippen LogP contribution is -2.31. The molecule has 2 aromatic carbocycles. The number of carbonyl (C=O) groups is 1. The predicted octanol–water partition coefficient (Wildman–Crippen LogP) is 4.71. The number of aromatic nitrogens is 1. The average Bonchev–Trinajstić information content (AvgIpc) is 3.09. The zero-order chi connectivity index (χ0) is 25.6. The van der Waals surface area contributed by atoms with Gasteiger partial charge in [-0.15, -0.1) is 0 Å². The Hall–Kier alpha value is -3.70. The van der Waals surface area contributed by atoms with Gasteiger partial charge in [-0.1, -0.05) is 18.2 Å².